The van der Waals surface area contributed by atoms with Crippen LogP contribution in [0, 0.1) is 6.92 Å². The molecule has 146 valence electrons. The summed E-state index contributed by atoms with van der Waals surface area (Å²) in [7, 11) is 0. The quantitative estimate of drug-likeness (QED) is 0.298. The van der Waals surface area contributed by atoms with Gasteiger partial charge in [0.25, 0.3) is 0 Å². The van der Waals surface area contributed by atoms with Crippen LogP contribution < -0.4 is 10.9 Å². The van der Waals surface area contributed by atoms with Crippen molar-refractivity contribution in [1.29, 1.82) is 0 Å². The number of fused-ring (bicyclic) bond motifs is 1. The number of nitrogens with one attached hydrogen (secondary N) is 1. The van der Waals surface area contributed by atoms with Gasteiger partial charge in [-0.1, -0.05) is 12.1 Å². The van der Waals surface area contributed by atoms with Gasteiger partial charge in [0, 0.05) is 23.9 Å². The monoisotopic (exact) mass is 379 g/mol. The highest BCUT2D eigenvalue weighted by Crippen LogP contribution is 2.20. The number of benzene rings is 1. The van der Waals surface area contributed by atoms with E-state index in [-0.39, 0.29) is 11.1 Å². The van der Waals surface area contributed by atoms with E-state index >= 15 is 0 Å². The highest BCUT2D eigenvalue weighted by molar-refractivity contribution is 6.04. The summed E-state index contributed by atoms with van der Waals surface area (Å²) >= 11 is 0. The number of amides is 1. The smallest absolute Gasteiger partial charge is 0.336 e. The van der Waals surface area contributed by atoms with Gasteiger partial charge in [-0.25, -0.2) is 4.79 Å². The van der Waals surface area contributed by atoms with E-state index < -0.39 is 48.3 Å². The molecule has 0 aliphatic carbocycles. The minimum absolute atomic E-state index is 0.0136. The van der Waals surface area contributed by atoms with Gasteiger partial charge in [0.2, 0.25) is 5.91 Å². The molecule has 2 rings (SSSR count). The molecule has 2 aromatic rings. The number of aliphatic hydroxyl groups excluding tert-OH is 4. The molecule has 0 spiro atoms. The van der Waals surface area contributed by atoms with Crippen molar-refractivity contribution in [2.45, 2.75) is 38.2 Å². The van der Waals surface area contributed by atoms with E-state index in [1.54, 1.807) is 13.0 Å². The van der Waals surface area contributed by atoms with E-state index in [9.17, 15) is 29.7 Å². The Balaban J connectivity index is 2.44. The van der Waals surface area contributed by atoms with Gasteiger partial charge < -0.3 is 30.2 Å². The van der Waals surface area contributed by atoms with E-state index in [0.717, 1.165) is 6.92 Å². The van der Waals surface area contributed by atoms with Gasteiger partial charge in [-0.3, -0.25) is 9.59 Å². The number of hydrogen-bond acceptors (Lipinski definition) is 8. The Bertz CT molecular complexity index is 906. The van der Waals surface area contributed by atoms with Crippen LogP contribution in [-0.4, -0.2) is 63.1 Å². The van der Waals surface area contributed by atoms with Gasteiger partial charge in [-0.2, -0.15) is 0 Å². The van der Waals surface area contributed by atoms with Crippen LogP contribution in [-0.2, 0) is 4.79 Å². The molecule has 1 amide bonds. The molecule has 5 N–H and O–H groups in total. The molecule has 1 aromatic carbocycles. The first-order valence-electron chi connectivity index (χ1n) is 8.16. The van der Waals surface area contributed by atoms with Gasteiger partial charge in [0.15, 0.2) is 5.78 Å². The summed E-state index contributed by atoms with van der Waals surface area (Å²) in [6.45, 7) is 1.97. The fourth-order valence-electron chi connectivity index (χ4n) is 2.72. The van der Waals surface area contributed by atoms with Gasteiger partial charge in [0.05, 0.1) is 6.61 Å². The van der Waals surface area contributed by atoms with E-state index in [2.05, 4.69) is 5.32 Å². The lowest BCUT2D eigenvalue weighted by atomic mass is 9.93. The standard InChI is InChI=1S/C18H21NO8/c1-8-5-14(23)27-13-6-10(3-4-11(8)13)16(24)15(19-9(2)21)18(26)17(25)12(22)7-20/h3-6,12,15,17-18,20,22,25-26H,7H2,1-2H3,(H,19,21)/t12-,15+,17+,18-/m1/s1. The second-order valence-corrected chi connectivity index (χ2v) is 6.23. The average Bonchev–Trinajstić information content (AvgIpc) is 2.62. The number of carbonyl (C=O) groups excluding carboxylic acids is 2. The fourth-order valence-corrected chi connectivity index (χ4v) is 2.72. The Morgan fingerprint density at radius 1 is 1.15 bits per heavy atom. The summed E-state index contributed by atoms with van der Waals surface area (Å²) in [6.07, 6.45) is -5.47. The van der Waals surface area contributed by atoms with Crippen LogP contribution in [0.5, 0.6) is 0 Å². The molecule has 0 aliphatic rings. The van der Waals surface area contributed by atoms with Crippen molar-refractivity contribution in [3.8, 4) is 0 Å². The molecule has 0 saturated heterocycles. The second-order valence-electron chi connectivity index (χ2n) is 6.23. The van der Waals surface area contributed by atoms with Crippen LogP contribution in [0.2, 0.25) is 0 Å². The van der Waals surface area contributed by atoms with Crippen LogP contribution in [0.25, 0.3) is 11.0 Å². The first-order valence-corrected chi connectivity index (χ1v) is 8.16. The molecule has 1 aromatic heterocycles. The molecule has 4 atom stereocenters. The first-order chi connectivity index (χ1) is 12.6. The molecule has 9 nitrogen and oxygen atoms in total. The van der Waals surface area contributed by atoms with Gasteiger partial charge in [0.1, 0.15) is 29.9 Å². The third-order valence-corrected chi connectivity index (χ3v) is 4.15. The SMILES string of the molecule is CC(=O)N[C@@H](C(=O)c1ccc2c(C)cc(=O)oc2c1)[C@@H](O)[C@@H](O)[C@H](O)CO. The predicted molar refractivity (Wildman–Crippen MR) is 94.3 cm³/mol. The zero-order chi connectivity index (χ0) is 20.3. The lowest BCUT2D eigenvalue weighted by molar-refractivity contribution is -0.122. The second kappa shape index (κ2) is 8.40. The molecule has 0 unspecified atom stereocenters. The van der Waals surface area contributed by atoms with Crippen molar-refractivity contribution >= 4 is 22.7 Å². The normalized spacial score (nSPS) is 15.8. The molecule has 0 radical (unpaired) electrons. The summed E-state index contributed by atoms with van der Waals surface area (Å²) in [5, 5.41) is 41.4. The number of hydrogen-bond donors (Lipinski definition) is 5. The zero-order valence-electron chi connectivity index (χ0n) is 14.7. The minimum atomic E-state index is -1.89. The number of aryl methyl sites for hydroxylation is 1. The van der Waals surface area contributed by atoms with Crippen LogP contribution in [0.4, 0.5) is 0 Å². The molecule has 0 fully saturated rings. The van der Waals surface area contributed by atoms with E-state index in [4.69, 9.17) is 9.52 Å². The van der Waals surface area contributed by atoms with Gasteiger partial charge in [-0.05, 0) is 18.6 Å². The third-order valence-electron chi connectivity index (χ3n) is 4.15. The molecule has 9 heteroatoms. The molecular weight excluding hydrogens is 358 g/mol. The highest BCUT2D eigenvalue weighted by atomic mass is 16.4. The number of carbonyl (C=O) groups is 2. The summed E-state index contributed by atoms with van der Waals surface area (Å²) < 4.78 is 5.08. The molecule has 27 heavy (non-hydrogen) atoms. The Hall–Kier alpha value is -2.59. The van der Waals surface area contributed by atoms with Crippen molar-refractivity contribution in [3.05, 3.63) is 45.8 Å². The molecule has 0 saturated carbocycles. The molecule has 1 heterocycles. The lowest BCUT2D eigenvalue weighted by Crippen LogP contribution is -2.55. The van der Waals surface area contributed by atoms with Crippen molar-refractivity contribution in [2.24, 2.45) is 0 Å². The van der Waals surface area contributed by atoms with Crippen LogP contribution in [0.3, 0.4) is 0 Å². The van der Waals surface area contributed by atoms with E-state index in [1.807, 2.05) is 0 Å². The Labute approximate surface area is 153 Å². The summed E-state index contributed by atoms with van der Waals surface area (Å²) in [6, 6.07) is 3.99. The zero-order valence-corrected chi connectivity index (χ0v) is 14.7. The van der Waals surface area contributed by atoms with Gasteiger partial charge >= 0.3 is 5.63 Å². The number of ketones is 1. The molecule has 0 bridgehead atoms. The van der Waals surface area contributed by atoms with Crippen molar-refractivity contribution < 1.29 is 34.4 Å². The summed E-state index contributed by atoms with van der Waals surface area (Å²) in [5.41, 5.74) is 0.224. The number of Topliss-reactive ketones (excluding diaryl/α,β-unsaturated/α-hetero) is 1. The summed E-state index contributed by atoms with van der Waals surface area (Å²) in [5.74, 6) is -1.42. The minimum Gasteiger partial charge on any atom is -0.423 e. The number of rotatable bonds is 7. The largest absolute Gasteiger partial charge is 0.423 e. The Morgan fingerprint density at radius 2 is 1.81 bits per heavy atom. The average molecular weight is 379 g/mol. The predicted octanol–water partition coefficient (Wildman–Crippen LogP) is -1.14. The van der Waals surface area contributed by atoms with Gasteiger partial charge in [-0.15, -0.1) is 0 Å². The summed E-state index contributed by atoms with van der Waals surface area (Å²) in [4.78, 5) is 35.8. The van der Waals surface area contributed by atoms with E-state index in [1.165, 1.54) is 18.2 Å². The topological polar surface area (TPSA) is 157 Å². The van der Waals surface area contributed by atoms with Crippen LogP contribution >= 0.6 is 0 Å². The highest BCUT2D eigenvalue weighted by Gasteiger charge is 2.36. The Morgan fingerprint density at radius 3 is 2.41 bits per heavy atom. The van der Waals surface area contributed by atoms with Crippen molar-refractivity contribution in [2.75, 3.05) is 6.61 Å². The number of aliphatic hydroxyl groups is 4. The molecule has 0 aliphatic heterocycles. The Kier molecular flexibility index (Phi) is 6.45. The van der Waals surface area contributed by atoms with Crippen LogP contribution in [0.1, 0.15) is 22.8 Å². The molecular formula is C18H21NO8. The van der Waals surface area contributed by atoms with Crippen molar-refractivity contribution in [1.82, 2.24) is 5.32 Å². The first kappa shape index (κ1) is 20.7. The maximum atomic E-state index is 12.8. The maximum absolute atomic E-state index is 12.8. The fraction of sp³-hybridized carbons (Fsp3) is 0.389. The lowest BCUT2D eigenvalue weighted by Gasteiger charge is -2.28. The van der Waals surface area contributed by atoms with E-state index in [0.29, 0.717) is 10.9 Å². The van der Waals surface area contributed by atoms with Crippen molar-refractivity contribution in [3.63, 3.8) is 0 Å². The van der Waals surface area contributed by atoms with Crippen LogP contribution in [0.15, 0.2) is 33.5 Å². The third kappa shape index (κ3) is 4.58. The maximum Gasteiger partial charge on any atom is 0.336 e.